The zero-order valence-electron chi connectivity index (χ0n) is 9.83. The summed E-state index contributed by atoms with van der Waals surface area (Å²) in [6, 6.07) is 0.0126. The van der Waals surface area contributed by atoms with Gasteiger partial charge in [0.05, 0.1) is 6.04 Å². The average molecular weight is 210 g/mol. The molecule has 3 nitrogen and oxygen atoms in total. The van der Waals surface area contributed by atoms with E-state index in [1.807, 2.05) is 11.8 Å². The molecular weight excluding hydrogens is 188 g/mol. The molecule has 0 bridgehead atoms. The Labute approximate surface area is 92.5 Å². The first-order valence-electron chi connectivity index (χ1n) is 5.83. The van der Waals surface area contributed by atoms with E-state index >= 15 is 0 Å². The van der Waals surface area contributed by atoms with Gasteiger partial charge in [0.2, 0.25) is 5.91 Å². The molecule has 15 heavy (non-hydrogen) atoms. The lowest BCUT2D eigenvalue weighted by Gasteiger charge is -2.33. The third kappa shape index (κ3) is 3.06. The van der Waals surface area contributed by atoms with Crippen molar-refractivity contribution in [3.05, 3.63) is 12.7 Å². The van der Waals surface area contributed by atoms with Crippen LogP contribution in [0.3, 0.4) is 0 Å². The highest BCUT2D eigenvalue weighted by atomic mass is 16.2. The molecule has 0 aromatic carbocycles. The molecule has 1 aliphatic heterocycles. The van der Waals surface area contributed by atoms with Gasteiger partial charge in [0, 0.05) is 13.1 Å². The maximum atomic E-state index is 12.1. The van der Waals surface area contributed by atoms with Crippen LogP contribution < -0.4 is 5.32 Å². The van der Waals surface area contributed by atoms with Gasteiger partial charge in [0.15, 0.2) is 0 Å². The zero-order valence-corrected chi connectivity index (χ0v) is 9.83. The monoisotopic (exact) mass is 210 g/mol. The number of piperidine rings is 1. The largest absolute Gasteiger partial charge is 0.338 e. The van der Waals surface area contributed by atoms with E-state index in [-0.39, 0.29) is 11.9 Å². The van der Waals surface area contributed by atoms with Crippen LogP contribution in [-0.4, -0.2) is 36.5 Å². The number of amides is 1. The standard InChI is InChI=1S/C12H22N2O/c1-4-9-14(5-2)12(15)11-10(3)7-6-8-13-11/h4,10-11,13H,1,5-9H2,2-3H3. The van der Waals surface area contributed by atoms with Crippen LogP contribution in [0.2, 0.25) is 0 Å². The lowest BCUT2D eigenvalue weighted by molar-refractivity contribution is -0.134. The van der Waals surface area contributed by atoms with E-state index in [1.54, 1.807) is 6.08 Å². The highest BCUT2D eigenvalue weighted by Crippen LogP contribution is 2.17. The molecule has 1 heterocycles. The van der Waals surface area contributed by atoms with Crippen LogP contribution in [0.25, 0.3) is 0 Å². The highest BCUT2D eigenvalue weighted by Gasteiger charge is 2.29. The summed E-state index contributed by atoms with van der Waals surface area (Å²) in [5.41, 5.74) is 0. The Kier molecular flexibility index (Phi) is 4.82. The predicted molar refractivity (Wildman–Crippen MR) is 62.6 cm³/mol. The Morgan fingerprint density at radius 2 is 2.40 bits per heavy atom. The van der Waals surface area contributed by atoms with E-state index in [2.05, 4.69) is 18.8 Å². The van der Waals surface area contributed by atoms with Crippen LogP contribution in [0.15, 0.2) is 12.7 Å². The fraction of sp³-hybridized carbons (Fsp3) is 0.750. The van der Waals surface area contributed by atoms with Gasteiger partial charge in [0.25, 0.3) is 0 Å². The fourth-order valence-electron chi connectivity index (χ4n) is 2.11. The van der Waals surface area contributed by atoms with Gasteiger partial charge >= 0.3 is 0 Å². The number of carbonyl (C=O) groups is 1. The SMILES string of the molecule is C=CCN(CC)C(=O)C1NCCCC1C. The first-order valence-corrected chi connectivity index (χ1v) is 5.83. The first kappa shape index (κ1) is 12.2. The Morgan fingerprint density at radius 1 is 1.67 bits per heavy atom. The minimum absolute atomic E-state index is 0.0126. The van der Waals surface area contributed by atoms with Crippen LogP contribution in [0.1, 0.15) is 26.7 Å². The van der Waals surface area contributed by atoms with Crippen LogP contribution in [0.5, 0.6) is 0 Å². The van der Waals surface area contributed by atoms with Crippen molar-refractivity contribution in [3.63, 3.8) is 0 Å². The van der Waals surface area contributed by atoms with Gasteiger partial charge in [-0.2, -0.15) is 0 Å². The molecule has 0 radical (unpaired) electrons. The Hall–Kier alpha value is -0.830. The highest BCUT2D eigenvalue weighted by molar-refractivity contribution is 5.82. The van der Waals surface area contributed by atoms with E-state index in [1.165, 1.54) is 6.42 Å². The number of nitrogens with zero attached hydrogens (tertiary/aromatic N) is 1. The third-order valence-corrected chi connectivity index (χ3v) is 3.08. The van der Waals surface area contributed by atoms with Crippen LogP contribution in [-0.2, 0) is 4.79 Å². The van der Waals surface area contributed by atoms with Crippen molar-refractivity contribution < 1.29 is 4.79 Å². The van der Waals surface area contributed by atoms with Crippen molar-refractivity contribution in [2.24, 2.45) is 5.92 Å². The van der Waals surface area contributed by atoms with Gasteiger partial charge in [-0.15, -0.1) is 6.58 Å². The van der Waals surface area contributed by atoms with Gasteiger partial charge in [0.1, 0.15) is 0 Å². The van der Waals surface area contributed by atoms with Crippen molar-refractivity contribution in [1.29, 1.82) is 0 Å². The second-order valence-corrected chi connectivity index (χ2v) is 4.22. The molecule has 1 N–H and O–H groups in total. The zero-order chi connectivity index (χ0) is 11.3. The molecule has 86 valence electrons. The van der Waals surface area contributed by atoms with Crippen molar-refractivity contribution in [2.45, 2.75) is 32.7 Å². The van der Waals surface area contributed by atoms with Gasteiger partial charge in [-0.1, -0.05) is 13.0 Å². The molecule has 0 spiro atoms. The first-order chi connectivity index (χ1) is 7.20. The summed E-state index contributed by atoms with van der Waals surface area (Å²) in [5, 5.41) is 3.32. The number of likely N-dealkylation sites (N-methyl/N-ethyl adjacent to an activating group) is 1. The van der Waals surface area contributed by atoms with Crippen molar-refractivity contribution in [2.75, 3.05) is 19.6 Å². The van der Waals surface area contributed by atoms with Crippen molar-refractivity contribution in [3.8, 4) is 0 Å². The summed E-state index contributed by atoms with van der Waals surface area (Å²) in [6.07, 6.45) is 4.11. The van der Waals surface area contributed by atoms with Crippen LogP contribution in [0.4, 0.5) is 0 Å². The molecule has 0 aliphatic carbocycles. The maximum absolute atomic E-state index is 12.1. The van der Waals surface area contributed by atoms with E-state index in [0.717, 1.165) is 19.5 Å². The molecule has 3 heteroatoms. The minimum atomic E-state index is 0.0126. The second-order valence-electron chi connectivity index (χ2n) is 4.22. The van der Waals surface area contributed by atoms with Gasteiger partial charge in [-0.25, -0.2) is 0 Å². The molecule has 1 rings (SSSR count). The Morgan fingerprint density at radius 3 is 2.93 bits per heavy atom. The lowest BCUT2D eigenvalue weighted by atomic mass is 9.92. The topological polar surface area (TPSA) is 32.3 Å². The van der Waals surface area contributed by atoms with Crippen LogP contribution >= 0.6 is 0 Å². The summed E-state index contributed by atoms with van der Waals surface area (Å²) in [6.45, 7) is 10.2. The average Bonchev–Trinajstić information content (AvgIpc) is 2.25. The smallest absolute Gasteiger partial charge is 0.240 e. The second kappa shape index (κ2) is 5.91. The number of rotatable bonds is 4. The molecule has 1 aliphatic rings. The van der Waals surface area contributed by atoms with Crippen LogP contribution in [0, 0.1) is 5.92 Å². The predicted octanol–water partition coefficient (Wildman–Crippen LogP) is 1.41. The maximum Gasteiger partial charge on any atom is 0.240 e. The summed E-state index contributed by atoms with van der Waals surface area (Å²) >= 11 is 0. The van der Waals surface area contributed by atoms with E-state index < -0.39 is 0 Å². The van der Waals surface area contributed by atoms with E-state index in [0.29, 0.717) is 12.5 Å². The Bertz CT molecular complexity index is 228. The third-order valence-electron chi connectivity index (χ3n) is 3.08. The van der Waals surface area contributed by atoms with Gasteiger partial charge < -0.3 is 10.2 Å². The number of hydrogen-bond acceptors (Lipinski definition) is 2. The number of carbonyl (C=O) groups excluding carboxylic acids is 1. The molecule has 0 aromatic rings. The molecule has 0 saturated carbocycles. The van der Waals surface area contributed by atoms with E-state index in [4.69, 9.17) is 0 Å². The van der Waals surface area contributed by atoms with Crippen molar-refractivity contribution in [1.82, 2.24) is 10.2 Å². The lowest BCUT2D eigenvalue weighted by Crippen LogP contribution is -2.52. The molecule has 1 saturated heterocycles. The summed E-state index contributed by atoms with van der Waals surface area (Å²) in [5.74, 6) is 0.676. The minimum Gasteiger partial charge on any atom is -0.338 e. The molecule has 2 unspecified atom stereocenters. The molecular formula is C12H22N2O. The van der Waals surface area contributed by atoms with Crippen molar-refractivity contribution >= 4 is 5.91 Å². The summed E-state index contributed by atoms with van der Waals surface area (Å²) < 4.78 is 0. The molecule has 2 atom stereocenters. The normalized spacial score (nSPS) is 26.0. The quantitative estimate of drug-likeness (QED) is 0.712. The fourth-order valence-corrected chi connectivity index (χ4v) is 2.11. The molecule has 1 amide bonds. The summed E-state index contributed by atoms with van der Waals surface area (Å²) in [4.78, 5) is 14.0. The molecule has 0 aromatic heterocycles. The molecule has 1 fully saturated rings. The van der Waals surface area contributed by atoms with Gasteiger partial charge in [-0.3, -0.25) is 4.79 Å². The number of nitrogens with one attached hydrogen (secondary N) is 1. The number of hydrogen-bond donors (Lipinski definition) is 1. The van der Waals surface area contributed by atoms with Gasteiger partial charge in [-0.05, 0) is 32.2 Å². The van der Waals surface area contributed by atoms with E-state index in [9.17, 15) is 4.79 Å². The summed E-state index contributed by atoms with van der Waals surface area (Å²) in [7, 11) is 0. The Balaban J connectivity index is 2.59.